The summed E-state index contributed by atoms with van der Waals surface area (Å²) < 4.78 is 5.37. The van der Waals surface area contributed by atoms with Crippen molar-refractivity contribution < 1.29 is 9.32 Å². The molecule has 0 bridgehead atoms. The van der Waals surface area contributed by atoms with E-state index in [-0.39, 0.29) is 17.2 Å². The molecule has 4 rings (SSSR count). The molecule has 0 aromatic carbocycles. The van der Waals surface area contributed by atoms with Gasteiger partial charge in [-0.3, -0.25) is 9.89 Å². The molecule has 2 saturated heterocycles. The van der Waals surface area contributed by atoms with Gasteiger partial charge >= 0.3 is 0 Å². The summed E-state index contributed by atoms with van der Waals surface area (Å²) in [5, 5.41) is 11.4. The van der Waals surface area contributed by atoms with Crippen LogP contribution in [0.25, 0.3) is 0 Å². The number of hydrogen-bond acceptors (Lipinski definition) is 6. The third-order valence-electron chi connectivity index (χ3n) is 5.67. The highest BCUT2D eigenvalue weighted by Crippen LogP contribution is 2.48. The molecule has 1 unspecified atom stereocenters. The minimum absolute atomic E-state index is 0.0367. The van der Waals surface area contributed by atoms with Crippen molar-refractivity contribution in [3.63, 3.8) is 0 Å². The first-order chi connectivity index (χ1) is 12.4. The Hall–Kier alpha value is -2.22. The standard InChI is InChI=1S/C18H26N6O2/c1-5-6-14-15(11(2)22-26-14)17(25)24-9-18(10-24)8-23(4)7-13(18)16-19-12(3)20-21-16/h13H,5-10H2,1-4H3,(H,19,20,21). The molecular formula is C18H26N6O2. The SMILES string of the molecule is CCCc1onc(C)c1C(=O)N1CC2(CN(C)CC2c2n[nH]c(C)n2)C1. The van der Waals surface area contributed by atoms with Gasteiger partial charge in [0.05, 0.1) is 5.69 Å². The van der Waals surface area contributed by atoms with Crippen molar-refractivity contribution in [1.82, 2.24) is 30.1 Å². The highest BCUT2D eigenvalue weighted by molar-refractivity contribution is 5.96. The number of carbonyl (C=O) groups is 1. The molecule has 2 fully saturated rings. The summed E-state index contributed by atoms with van der Waals surface area (Å²) in [5.74, 6) is 2.70. The number of likely N-dealkylation sites (tertiary alicyclic amines) is 2. The maximum absolute atomic E-state index is 13.0. The van der Waals surface area contributed by atoms with Crippen molar-refractivity contribution in [2.75, 3.05) is 33.2 Å². The third-order valence-corrected chi connectivity index (χ3v) is 5.67. The second kappa shape index (κ2) is 6.19. The summed E-state index contributed by atoms with van der Waals surface area (Å²) >= 11 is 0. The molecule has 0 radical (unpaired) electrons. The summed E-state index contributed by atoms with van der Waals surface area (Å²) in [6.07, 6.45) is 1.67. The summed E-state index contributed by atoms with van der Waals surface area (Å²) in [6, 6.07) is 0. The number of nitrogens with one attached hydrogen (secondary N) is 1. The van der Waals surface area contributed by atoms with Crippen molar-refractivity contribution in [1.29, 1.82) is 0 Å². The number of carbonyl (C=O) groups excluding carboxylic acids is 1. The number of nitrogens with zero attached hydrogens (tertiary/aromatic N) is 5. The van der Waals surface area contributed by atoms with Crippen LogP contribution in [0.3, 0.4) is 0 Å². The van der Waals surface area contributed by atoms with Crippen molar-refractivity contribution >= 4 is 5.91 Å². The van der Waals surface area contributed by atoms with Gasteiger partial charge in [0.15, 0.2) is 5.82 Å². The fourth-order valence-electron chi connectivity index (χ4n) is 4.51. The Bertz CT molecular complexity index is 820. The number of aryl methyl sites for hydroxylation is 3. The van der Waals surface area contributed by atoms with Gasteiger partial charge in [-0.05, 0) is 27.3 Å². The first-order valence-corrected chi connectivity index (χ1v) is 9.25. The quantitative estimate of drug-likeness (QED) is 0.891. The molecule has 140 valence electrons. The van der Waals surface area contributed by atoms with Crippen molar-refractivity contribution in [2.45, 2.75) is 39.5 Å². The summed E-state index contributed by atoms with van der Waals surface area (Å²) in [6.45, 7) is 9.17. The van der Waals surface area contributed by atoms with E-state index in [1.807, 2.05) is 18.7 Å². The highest BCUT2D eigenvalue weighted by atomic mass is 16.5. The molecule has 26 heavy (non-hydrogen) atoms. The average molecular weight is 358 g/mol. The number of aromatic nitrogens is 4. The third kappa shape index (κ3) is 2.63. The maximum Gasteiger partial charge on any atom is 0.259 e. The van der Waals surface area contributed by atoms with E-state index >= 15 is 0 Å². The Labute approximate surface area is 152 Å². The molecule has 2 aliphatic heterocycles. The van der Waals surface area contributed by atoms with E-state index in [1.165, 1.54) is 0 Å². The fourth-order valence-corrected chi connectivity index (χ4v) is 4.51. The molecule has 1 N–H and O–H groups in total. The van der Waals surface area contributed by atoms with E-state index in [2.05, 4.69) is 39.2 Å². The van der Waals surface area contributed by atoms with Crippen LogP contribution in [0.2, 0.25) is 0 Å². The van der Waals surface area contributed by atoms with E-state index in [9.17, 15) is 4.79 Å². The molecule has 2 aromatic rings. The molecule has 0 saturated carbocycles. The lowest BCUT2D eigenvalue weighted by Crippen LogP contribution is -2.61. The number of rotatable bonds is 4. The van der Waals surface area contributed by atoms with Crippen LogP contribution in [0.1, 0.15) is 52.7 Å². The average Bonchev–Trinajstić information content (AvgIpc) is 3.23. The summed E-state index contributed by atoms with van der Waals surface area (Å²) in [4.78, 5) is 21.8. The predicted octanol–water partition coefficient (Wildman–Crippen LogP) is 1.53. The van der Waals surface area contributed by atoms with Gasteiger partial charge in [-0.1, -0.05) is 12.1 Å². The van der Waals surface area contributed by atoms with Crippen LogP contribution >= 0.6 is 0 Å². The van der Waals surface area contributed by atoms with Crippen LogP contribution in [0.4, 0.5) is 0 Å². The molecular weight excluding hydrogens is 332 g/mol. The fraction of sp³-hybridized carbons (Fsp3) is 0.667. The zero-order chi connectivity index (χ0) is 18.5. The number of hydrogen-bond donors (Lipinski definition) is 1. The number of H-pyrrole nitrogens is 1. The topological polar surface area (TPSA) is 91.2 Å². The van der Waals surface area contributed by atoms with Crippen molar-refractivity contribution in [3.05, 3.63) is 28.7 Å². The van der Waals surface area contributed by atoms with Crippen LogP contribution in [-0.4, -0.2) is 69.3 Å². The minimum Gasteiger partial charge on any atom is -0.360 e. The van der Waals surface area contributed by atoms with Gasteiger partial charge < -0.3 is 14.3 Å². The number of amides is 1. The van der Waals surface area contributed by atoms with E-state index < -0.39 is 0 Å². The number of likely N-dealkylation sites (N-methyl/N-ethyl adjacent to an activating group) is 1. The second-order valence-electron chi connectivity index (χ2n) is 7.87. The highest BCUT2D eigenvalue weighted by Gasteiger charge is 2.56. The van der Waals surface area contributed by atoms with Crippen LogP contribution < -0.4 is 0 Å². The van der Waals surface area contributed by atoms with E-state index in [4.69, 9.17) is 4.52 Å². The minimum atomic E-state index is 0.0367. The first kappa shape index (κ1) is 17.2. The molecule has 8 nitrogen and oxygen atoms in total. The zero-order valence-corrected chi connectivity index (χ0v) is 15.9. The molecule has 8 heteroatoms. The zero-order valence-electron chi connectivity index (χ0n) is 15.9. The van der Waals surface area contributed by atoms with Crippen molar-refractivity contribution in [2.24, 2.45) is 5.41 Å². The first-order valence-electron chi connectivity index (χ1n) is 9.25. The lowest BCUT2D eigenvalue weighted by atomic mass is 9.71. The Morgan fingerprint density at radius 3 is 2.77 bits per heavy atom. The van der Waals surface area contributed by atoms with E-state index in [0.717, 1.165) is 50.7 Å². The van der Waals surface area contributed by atoms with Gasteiger partial charge in [0, 0.05) is 43.9 Å². The second-order valence-corrected chi connectivity index (χ2v) is 7.87. The Morgan fingerprint density at radius 1 is 1.35 bits per heavy atom. The largest absolute Gasteiger partial charge is 0.360 e. The van der Waals surface area contributed by atoms with Gasteiger partial charge in [0.25, 0.3) is 5.91 Å². The molecule has 4 heterocycles. The molecule has 2 aromatic heterocycles. The molecule has 1 amide bonds. The van der Waals surface area contributed by atoms with Crippen LogP contribution in [0.15, 0.2) is 4.52 Å². The molecule has 2 aliphatic rings. The molecule has 0 aliphatic carbocycles. The normalized spacial score (nSPS) is 22.2. The van der Waals surface area contributed by atoms with E-state index in [1.54, 1.807) is 0 Å². The Kier molecular flexibility index (Phi) is 4.10. The lowest BCUT2D eigenvalue weighted by molar-refractivity contribution is 0.00279. The van der Waals surface area contributed by atoms with Gasteiger partial charge in [0.1, 0.15) is 17.1 Å². The predicted molar refractivity (Wildman–Crippen MR) is 94.9 cm³/mol. The molecule has 1 spiro atoms. The monoisotopic (exact) mass is 358 g/mol. The Balaban J connectivity index is 1.53. The lowest BCUT2D eigenvalue weighted by Gasteiger charge is -2.50. The summed E-state index contributed by atoms with van der Waals surface area (Å²) in [7, 11) is 2.12. The molecule has 1 atom stereocenters. The van der Waals surface area contributed by atoms with Gasteiger partial charge in [-0.25, -0.2) is 4.98 Å². The van der Waals surface area contributed by atoms with Crippen LogP contribution in [-0.2, 0) is 6.42 Å². The van der Waals surface area contributed by atoms with Crippen LogP contribution in [0, 0.1) is 19.3 Å². The van der Waals surface area contributed by atoms with Gasteiger partial charge in [-0.15, -0.1) is 0 Å². The van der Waals surface area contributed by atoms with Crippen LogP contribution in [0.5, 0.6) is 0 Å². The number of aromatic amines is 1. The van der Waals surface area contributed by atoms with Crippen molar-refractivity contribution in [3.8, 4) is 0 Å². The van der Waals surface area contributed by atoms with Gasteiger partial charge in [0.2, 0.25) is 0 Å². The Morgan fingerprint density at radius 2 is 2.12 bits per heavy atom. The van der Waals surface area contributed by atoms with Gasteiger partial charge in [-0.2, -0.15) is 5.10 Å². The van der Waals surface area contributed by atoms with E-state index in [0.29, 0.717) is 17.0 Å². The maximum atomic E-state index is 13.0. The smallest absolute Gasteiger partial charge is 0.259 e. The summed E-state index contributed by atoms with van der Waals surface area (Å²) in [5.41, 5.74) is 1.37.